The Labute approximate surface area is 88.1 Å². The molecule has 0 radical (unpaired) electrons. The van der Waals surface area contributed by atoms with Crippen molar-refractivity contribution in [2.24, 2.45) is 0 Å². The minimum Gasteiger partial charge on any atom is -0.508 e. The molecular weight excluding hydrogens is 200 g/mol. The molecule has 0 unspecified atom stereocenters. The van der Waals surface area contributed by atoms with Gasteiger partial charge >= 0.3 is 0 Å². The summed E-state index contributed by atoms with van der Waals surface area (Å²) in [5.74, 6) is 0.239. The molecule has 0 atom stereocenters. The van der Waals surface area contributed by atoms with E-state index in [2.05, 4.69) is 0 Å². The zero-order valence-electron chi connectivity index (χ0n) is 7.83. The molecular formula is C11H13ClO2. The molecule has 1 fully saturated rings. The van der Waals surface area contributed by atoms with E-state index in [4.69, 9.17) is 11.6 Å². The van der Waals surface area contributed by atoms with Gasteiger partial charge in [0.1, 0.15) is 5.75 Å². The summed E-state index contributed by atoms with van der Waals surface area (Å²) in [6.45, 7) is 0.0842. The number of phenolic OH excluding ortho intramolecular Hbond substituents is 1. The van der Waals surface area contributed by atoms with Crippen molar-refractivity contribution >= 4 is 11.6 Å². The Morgan fingerprint density at radius 3 is 2.57 bits per heavy atom. The second-order valence-electron chi connectivity index (χ2n) is 3.95. The summed E-state index contributed by atoms with van der Waals surface area (Å²) in [6, 6.07) is 5.00. The molecule has 2 N–H and O–H groups in total. The number of phenols is 1. The van der Waals surface area contributed by atoms with Gasteiger partial charge in [0.15, 0.2) is 0 Å². The van der Waals surface area contributed by atoms with Gasteiger partial charge in [0.25, 0.3) is 0 Å². The highest BCUT2D eigenvalue weighted by Crippen LogP contribution is 2.47. The van der Waals surface area contributed by atoms with Crippen LogP contribution in [0.1, 0.15) is 24.8 Å². The first-order valence-corrected chi connectivity index (χ1v) is 5.16. The first kappa shape index (κ1) is 9.81. The monoisotopic (exact) mass is 212 g/mol. The van der Waals surface area contributed by atoms with Crippen LogP contribution in [-0.4, -0.2) is 16.8 Å². The van der Waals surface area contributed by atoms with Crippen molar-refractivity contribution < 1.29 is 10.2 Å². The molecule has 0 spiro atoms. The van der Waals surface area contributed by atoms with Crippen LogP contribution < -0.4 is 0 Å². The van der Waals surface area contributed by atoms with Crippen LogP contribution in [0.25, 0.3) is 0 Å². The van der Waals surface area contributed by atoms with Crippen LogP contribution >= 0.6 is 11.6 Å². The molecule has 1 aromatic carbocycles. The van der Waals surface area contributed by atoms with Crippen LogP contribution in [0.15, 0.2) is 18.2 Å². The summed E-state index contributed by atoms with van der Waals surface area (Å²) >= 11 is 5.87. The highest BCUT2D eigenvalue weighted by atomic mass is 35.5. The molecule has 0 saturated heterocycles. The Hall–Kier alpha value is -0.730. The van der Waals surface area contributed by atoms with Crippen LogP contribution in [-0.2, 0) is 5.41 Å². The van der Waals surface area contributed by atoms with Crippen LogP contribution in [0.5, 0.6) is 5.75 Å². The summed E-state index contributed by atoms with van der Waals surface area (Å²) in [5.41, 5.74) is 0.549. The molecule has 2 nitrogen and oxygen atoms in total. The maximum atomic E-state index is 9.70. The zero-order chi connectivity index (χ0) is 10.2. The maximum absolute atomic E-state index is 9.70. The normalized spacial score (nSPS) is 19.0. The maximum Gasteiger partial charge on any atom is 0.119 e. The number of aliphatic hydroxyl groups is 1. The van der Waals surface area contributed by atoms with Crippen molar-refractivity contribution in [3.8, 4) is 5.75 Å². The predicted molar refractivity (Wildman–Crippen MR) is 55.7 cm³/mol. The minimum absolute atomic E-state index is 0.0842. The molecule has 0 heterocycles. The predicted octanol–water partition coefficient (Wildman–Crippen LogP) is 2.46. The van der Waals surface area contributed by atoms with Gasteiger partial charge in [-0.3, -0.25) is 0 Å². The third-order valence-corrected chi connectivity index (χ3v) is 3.38. The van der Waals surface area contributed by atoms with Crippen LogP contribution in [0, 0.1) is 0 Å². The minimum atomic E-state index is -0.241. The van der Waals surface area contributed by atoms with Crippen molar-refractivity contribution in [2.45, 2.75) is 24.7 Å². The quantitative estimate of drug-likeness (QED) is 0.791. The Bertz CT molecular complexity index is 340. The Kier molecular flexibility index (Phi) is 2.41. The van der Waals surface area contributed by atoms with E-state index in [0.29, 0.717) is 5.02 Å². The van der Waals surface area contributed by atoms with Gasteiger partial charge in [-0.05, 0) is 31.0 Å². The fraction of sp³-hybridized carbons (Fsp3) is 0.455. The van der Waals surface area contributed by atoms with Gasteiger partial charge in [0.2, 0.25) is 0 Å². The lowest BCUT2D eigenvalue weighted by atomic mass is 9.65. The molecule has 2 rings (SSSR count). The largest absolute Gasteiger partial charge is 0.508 e. The average Bonchev–Trinajstić information content (AvgIpc) is 2.10. The van der Waals surface area contributed by atoms with E-state index in [1.165, 1.54) is 0 Å². The summed E-state index contributed by atoms with van der Waals surface area (Å²) in [6.07, 6.45) is 2.96. The fourth-order valence-corrected chi connectivity index (χ4v) is 2.22. The molecule has 3 heteroatoms. The molecule has 1 aliphatic rings. The van der Waals surface area contributed by atoms with Crippen LogP contribution in [0.3, 0.4) is 0 Å². The third-order valence-electron chi connectivity index (χ3n) is 3.14. The molecule has 14 heavy (non-hydrogen) atoms. The number of hydrogen-bond donors (Lipinski definition) is 2. The Balaban J connectivity index is 2.43. The van der Waals surface area contributed by atoms with Gasteiger partial charge in [-0.25, -0.2) is 0 Å². The van der Waals surface area contributed by atoms with Crippen molar-refractivity contribution in [2.75, 3.05) is 6.61 Å². The van der Waals surface area contributed by atoms with Crippen LogP contribution in [0.2, 0.25) is 5.02 Å². The smallest absolute Gasteiger partial charge is 0.119 e. The van der Waals surface area contributed by atoms with Gasteiger partial charge in [0.05, 0.1) is 6.61 Å². The molecule has 0 bridgehead atoms. The van der Waals surface area contributed by atoms with Crippen molar-refractivity contribution in [1.82, 2.24) is 0 Å². The second kappa shape index (κ2) is 3.44. The van der Waals surface area contributed by atoms with E-state index in [1.54, 1.807) is 18.2 Å². The van der Waals surface area contributed by atoms with E-state index >= 15 is 0 Å². The SMILES string of the molecule is OCC1(c2cc(Cl)ccc2O)CCC1. The fourth-order valence-electron chi connectivity index (χ4n) is 2.05. The molecule has 1 aromatic rings. The first-order valence-electron chi connectivity index (χ1n) is 4.78. The van der Waals surface area contributed by atoms with Gasteiger partial charge in [0, 0.05) is 16.0 Å². The number of rotatable bonds is 2. The first-order chi connectivity index (χ1) is 6.68. The Morgan fingerprint density at radius 1 is 1.36 bits per heavy atom. The number of aliphatic hydroxyl groups excluding tert-OH is 1. The summed E-state index contributed by atoms with van der Waals surface area (Å²) in [5, 5.41) is 19.7. The molecule has 76 valence electrons. The second-order valence-corrected chi connectivity index (χ2v) is 4.39. The van der Waals surface area contributed by atoms with E-state index < -0.39 is 0 Å². The highest BCUT2D eigenvalue weighted by molar-refractivity contribution is 6.30. The average molecular weight is 213 g/mol. The van der Waals surface area contributed by atoms with Crippen LogP contribution in [0.4, 0.5) is 0 Å². The molecule has 0 aromatic heterocycles. The molecule has 0 amide bonds. The van der Waals surface area contributed by atoms with Gasteiger partial charge < -0.3 is 10.2 Å². The van der Waals surface area contributed by atoms with Crippen molar-refractivity contribution in [3.05, 3.63) is 28.8 Å². The van der Waals surface area contributed by atoms with Gasteiger partial charge in [-0.2, -0.15) is 0 Å². The lowest BCUT2D eigenvalue weighted by Crippen LogP contribution is -2.37. The van der Waals surface area contributed by atoms with E-state index in [0.717, 1.165) is 24.8 Å². The number of aromatic hydroxyl groups is 1. The zero-order valence-corrected chi connectivity index (χ0v) is 8.59. The molecule has 0 aliphatic heterocycles. The summed E-state index contributed by atoms with van der Waals surface area (Å²) in [4.78, 5) is 0. The lowest BCUT2D eigenvalue weighted by Gasteiger charge is -2.41. The van der Waals surface area contributed by atoms with Crippen molar-refractivity contribution in [1.29, 1.82) is 0 Å². The topological polar surface area (TPSA) is 40.5 Å². The lowest BCUT2D eigenvalue weighted by molar-refractivity contribution is 0.117. The van der Waals surface area contributed by atoms with Gasteiger partial charge in [-0.15, -0.1) is 0 Å². The Morgan fingerprint density at radius 2 is 2.07 bits per heavy atom. The number of hydrogen-bond acceptors (Lipinski definition) is 2. The number of benzene rings is 1. The van der Waals surface area contributed by atoms with E-state index in [9.17, 15) is 10.2 Å². The standard InChI is InChI=1S/C11H13ClO2/c12-8-2-3-10(14)9(6-8)11(7-13)4-1-5-11/h2-3,6,13-14H,1,4-5,7H2. The summed E-state index contributed by atoms with van der Waals surface area (Å²) in [7, 11) is 0. The molecule has 1 aliphatic carbocycles. The molecule has 1 saturated carbocycles. The third kappa shape index (κ3) is 1.39. The number of halogens is 1. The van der Waals surface area contributed by atoms with Gasteiger partial charge in [-0.1, -0.05) is 18.0 Å². The highest BCUT2D eigenvalue weighted by Gasteiger charge is 2.39. The summed E-state index contributed by atoms with van der Waals surface area (Å²) < 4.78 is 0. The van der Waals surface area contributed by atoms with E-state index in [-0.39, 0.29) is 17.8 Å². The van der Waals surface area contributed by atoms with E-state index in [1.807, 2.05) is 0 Å². The van der Waals surface area contributed by atoms with Crippen molar-refractivity contribution in [3.63, 3.8) is 0 Å².